The van der Waals surface area contributed by atoms with Gasteiger partial charge in [0.05, 0.1) is 10.6 Å². The van der Waals surface area contributed by atoms with E-state index in [9.17, 15) is 4.79 Å². The van der Waals surface area contributed by atoms with Crippen LogP contribution in [0.1, 0.15) is 28.6 Å². The number of amides is 1. The molecule has 116 valence electrons. The molecule has 2 aromatic heterocycles. The van der Waals surface area contributed by atoms with Gasteiger partial charge in [0, 0.05) is 23.6 Å². The Morgan fingerprint density at radius 3 is 2.48 bits per heavy atom. The van der Waals surface area contributed by atoms with Gasteiger partial charge in [0.25, 0.3) is 5.91 Å². The third-order valence-electron chi connectivity index (χ3n) is 3.46. The van der Waals surface area contributed by atoms with Crippen molar-refractivity contribution < 1.29 is 4.79 Å². The van der Waals surface area contributed by atoms with Crippen molar-refractivity contribution in [3.05, 3.63) is 76.7 Å². The Balaban J connectivity index is 1.71. The molecule has 0 fully saturated rings. The molecule has 0 saturated carbocycles. The molecule has 1 N–H and O–H groups in total. The molecule has 3 rings (SSSR count). The first-order chi connectivity index (χ1) is 11.3. The number of hydrogen-bond donors (Lipinski definition) is 1. The molecule has 0 saturated heterocycles. The minimum Gasteiger partial charge on any atom is -0.324 e. The second kappa shape index (κ2) is 7.07. The van der Waals surface area contributed by atoms with Crippen LogP contribution in [0.15, 0.2) is 71.4 Å². The van der Waals surface area contributed by atoms with Gasteiger partial charge in [0.1, 0.15) is 0 Å². The van der Waals surface area contributed by atoms with Gasteiger partial charge in [-0.25, -0.2) is 5.43 Å². The number of benzene rings is 1. The molecule has 23 heavy (non-hydrogen) atoms. The molecule has 0 atom stereocenters. The van der Waals surface area contributed by atoms with Gasteiger partial charge in [-0.05, 0) is 54.3 Å². The molecule has 2 heterocycles. The van der Waals surface area contributed by atoms with E-state index in [1.165, 1.54) is 0 Å². The zero-order chi connectivity index (χ0) is 16.1. The van der Waals surface area contributed by atoms with Gasteiger partial charge in [-0.3, -0.25) is 4.79 Å². The first-order valence-electron chi connectivity index (χ1n) is 7.42. The summed E-state index contributed by atoms with van der Waals surface area (Å²) in [5.74, 6) is -0.202. The Kier molecular flexibility index (Phi) is 4.68. The van der Waals surface area contributed by atoms with E-state index >= 15 is 0 Å². The Labute approximate surface area is 139 Å². The predicted octanol–water partition coefficient (Wildman–Crippen LogP) is 4.08. The van der Waals surface area contributed by atoms with Crippen molar-refractivity contribution in [1.29, 1.82) is 0 Å². The van der Waals surface area contributed by atoms with Crippen LogP contribution in [-0.2, 0) is 0 Å². The van der Waals surface area contributed by atoms with Gasteiger partial charge in [0.15, 0.2) is 0 Å². The molecule has 5 heteroatoms. The summed E-state index contributed by atoms with van der Waals surface area (Å²) < 4.78 is 1.99. The molecular formula is C18H17N3OS. The molecule has 4 nitrogen and oxygen atoms in total. The summed E-state index contributed by atoms with van der Waals surface area (Å²) in [6, 6.07) is 15.3. The van der Waals surface area contributed by atoms with Crippen molar-refractivity contribution in [2.45, 2.75) is 13.3 Å². The number of aromatic nitrogens is 1. The number of nitrogens with one attached hydrogen (secondary N) is 1. The van der Waals surface area contributed by atoms with E-state index in [0.29, 0.717) is 5.56 Å². The van der Waals surface area contributed by atoms with E-state index in [1.54, 1.807) is 23.5 Å². The van der Waals surface area contributed by atoms with Crippen LogP contribution in [0.2, 0.25) is 0 Å². The lowest BCUT2D eigenvalue weighted by molar-refractivity contribution is 0.0955. The molecule has 0 aliphatic carbocycles. The third-order valence-corrected chi connectivity index (χ3v) is 4.38. The second-order valence-corrected chi connectivity index (χ2v) is 5.92. The maximum absolute atomic E-state index is 12.2. The predicted molar refractivity (Wildman–Crippen MR) is 94.4 cm³/mol. The Bertz CT molecular complexity index is 787. The number of hydrogen-bond acceptors (Lipinski definition) is 3. The maximum atomic E-state index is 12.2. The normalized spacial score (nSPS) is 11.4. The first-order valence-corrected chi connectivity index (χ1v) is 8.30. The summed E-state index contributed by atoms with van der Waals surface area (Å²) in [5.41, 5.74) is 5.13. The monoisotopic (exact) mass is 323 g/mol. The van der Waals surface area contributed by atoms with Gasteiger partial charge in [-0.15, -0.1) is 11.3 Å². The highest BCUT2D eigenvalue weighted by Gasteiger charge is 2.07. The number of rotatable bonds is 5. The van der Waals surface area contributed by atoms with Crippen molar-refractivity contribution in [1.82, 2.24) is 9.99 Å². The summed E-state index contributed by atoms with van der Waals surface area (Å²) in [6.45, 7) is 2.02. The highest BCUT2D eigenvalue weighted by atomic mass is 32.1. The summed E-state index contributed by atoms with van der Waals surface area (Å²) >= 11 is 1.62. The van der Waals surface area contributed by atoms with Gasteiger partial charge < -0.3 is 4.57 Å². The smallest absolute Gasteiger partial charge is 0.271 e. The quantitative estimate of drug-likeness (QED) is 0.558. The number of nitrogens with zero attached hydrogens (tertiary/aromatic N) is 2. The van der Waals surface area contributed by atoms with Crippen LogP contribution in [0.4, 0.5) is 0 Å². The molecule has 0 aliphatic heterocycles. The van der Waals surface area contributed by atoms with Crippen LogP contribution in [-0.4, -0.2) is 16.2 Å². The first kappa shape index (κ1) is 15.2. The average Bonchev–Trinajstić information content (AvgIpc) is 3.29. The Morgan fingerprint density at radius 1 is 1.13 bits per heavy atom. The Morgan fingerprint density at radius 2 is 1.87 bits per heavy atom. The van der Waals surface area contributed by atoms with Crippen LogP contribution in [0.25, 0.3) is 5.69 Å². The lowest BCUT2D eigenvalue weighted by Gasteiger charge is -2.05. The summed E-state index contributed by atoms with van der Waals surface area (Å²) in [5, 5.41) is 6.26. The van der Waals surface area contributed by atoms with E-state index < -0.39 is 0 Å². The van der Waals surface area contributed by atoms with Gasteiger partial charge in [-0.1, -0.05) is 13.0 Å². The highest BCUT2D eigenvalue weighted by Crippen LogP contribution is 2.12. The number of hydrazone groups is 1. The summed E-state index contributed by atoms with van der Waals surface area (Å²) in [6.07, 6.45) is 4.70. The lowest BCUT2D eigenvalue weighted by Crippen LogP contribution is -2.19. The zero-order valence-electron chi connectivity index (χ0n) is 12.8. The third kappa shape index (κ3) is 3.57. The van der Waals surface area contributed by atoms with Crippen LogP contribution >= 0.6 is 11.3 Å². The molecule has 0 aliphatic rings. The van der Waals surface area contributed by atoms with Crippen LogP contribution in [0.5, 0.6) is 0 Å². The summed E-state index contributed by atoms with van der Waals surface area (Å²) in [4.78, 5) is 13.3. The molecular weight excluding hydrogens is 306 g/mol. The Hall–Kier alpha value is -2.66. The van der Waals surface area contributed by atoms with E-state index in [1.807, 2.05) is 65.7 Å². The highest BCUT2D eigenvalue weighted by molar-refractivity contribution is 7.12. The lowest BCUT2D eigenvalue weighted by atomic mass is 10.2. The number of carbonyl (C=O) groups excluding carboxylic acids is 1. The molecule has 0 unspecified atom stereocenters. The van der Waals surface area contributed by atoms with E-state index in [-0.39, 0.29) is 5.91 Å². The second-order valence-electron chi connectivity index (χ2n) is 4.97. The summed E-state index contributed by atoms with van der Waals surface area (Å²) in [7, 11) is 0. The SMILES string of the molecule is CC/C(=N\NC(=O)c1ccc(-n2cccc2)cc1)c1cccs1. The van der Waals surface area contributed by atoms with Crippen molar-refractivity contribution >= 4 is 23.0 Å². The van der Waals surface area contributed by atoms with E-state index in [0.717, 1.165) is 22.7 Å². The van der Waals surface area contributed by atoms with Crippen LogP contribution in [0, 0.1) is 0 Å². The van der Waals surface area contributed by atoms with E-state index in [2.05, 4.69) is 10.5 Å². The number of carbonyl (C=O) groups is 1. The molecule has 1 aromatic carbocycles. The fourth-order valence-electron chi connectivity index (χ4n) is 2.23. The topological polar surface area (TPSA) is 46.4 Å². The minimum absolute atomic E-state index is 0.202. The largest absolute Gasteiger partial charge is 0.324 e. The molecule has 3 aromatic rings. The van der Waals surface area contributed by atoms with Crippen molar-refractivity contribution in [3.8, 4) is 5.69 Å². The minimum atomic E-state index is -0.202. The molecule has 0 spiro atoms. The zero-order valence-corrected chi connectivity index (χ0v) is 13.6. The van der Waals surface area contributed by atoms with Gasteiger partial charge in [-0.2, -0.15) is 5.10 Å². The molecule has 1 amide bonds. The van der Waals surface area contributed by atoms with Crippen LogP contribution < -0.4 is 5.43 Å². The van der Waals surface area contributed by atoms with Gasteiger partial charge in [0.2, 0.25) is 0 Å². The average molecular weight is 323 g/mol. The standard InChI is InChI=1S/C18H17N3OS/c1-2-16(17-6-5-13-23-17)19-20-18(22)14-7-9-15(10-8-14)21-11-3-4-12-21/h3-13H,2H2,1H3,(H,20,22)/b19-16+. The van der Waals surface area contributed by atoms with Gasteiger partial charge >= 0.3 is 0 Å². The fourth-order valence-corrected chi connectivity index (χ4v) is 3.01. The van der Waals surface area contributed by atoms with Crippen molar-refractivity contribution in [2.24, 2.45) is 5.10 Å². The molecule has 0 radical (unpaired) electrons. The molecule has 0 bridgehead atoms. The maximum Gasteiger partial charge on any atom is 0.271 e. The van der Waals surface area contributed by atoms with Crippen LogP contribution in [0.3, 0.4) is 0 Å². The van der Waals surface area contributed by atoms with Crippen molar-refractivity contribution in [3.63, 3.8) is 0 Å². The number of thiophene rings is 1. The fraction of sp³-hybridized carbons (Fsp3) is 0.111. The van der Waals surface area contributed by atoms with E-state index in [4.69, 9.17) is 0 Å². The van der Waals surface area contributed by atoms with Crippen molar-refractivity contribution in [2.75, 3.05) is 0 Å².